The minimum Gasteiger partial charge on any atom is -0.475 e. The molecule has 10 heteroatoms. The molecule has 1 aromatic rings. The summed E-state index contributed by atoms with van der Waals surface area (Å²) in [4.78, 5) is 25.1. The van der Waals surface area contributed by atoms with Gasteiger partial charge in [-0.3, -0.25) is 9.69 Å². The molecule has 6 nitrogen and oxygen atoms in total. The lowest BCUT2D eigenvalue weighted by Gasteiger charge is -2.50. The molecular weight excluding hydrogens is 437 g/mol. The zero-order valence-corrected chi connectivity index (χ0v) is 17.8. The number of carboxylic acid groups (broad SMARTS) is 1. The lowest BCUT2D eigenvalue weighted by Crippen LogP contribution is -2.64. The van der Waals surface area contributed by atoms with Gasteiger partial charge in [0.25, 0.3) is 0 Å². The van der Waals surface area contributed by atoms with Gasteiger partial charge in [-0.25, -0.2) is 4.79 Å². The highest BCUT2D eigenvalue weighted by atomic mass is 35.5. The Balaban J connectivity index is 0.000000339. The Morgan fingerprint density at radius 1 is 1.32 bits per heavy atom. The van der Waals surface area contributed by atoms with Gasteiger partial charge in [0.15, 0.2) is 0 Å². The average Bonchev–Trinajstić information content (AvgIpc) is 3.25. The van der Waals surface area contributed by atoms with Crippen molar-refractivity contribution in [2.75, 3.05) is 32.8 Å². The molecule has 172 valence electrons. The van der Waals surface area contributed by atoms with Crippen LogP contribution in [0, 0.1) is 5.92 Å². The summed E-state index contributed by atoms with van der Waals surface area (Å²) >= 11 is 6.07. The van der Waals surface area contributed by atoms with Gasteiger partial charge in [-0.15, -0.1) is 0 Å². The van der Waals surface area contributed by atoms with Gasteiger partial charge in [0.2, 0.25) is 5.91 Å². The maximum absolute atomic E-state index is 11.8. The number of alkyl halides is 3. The number of aliphatic carboxylic acids is 1. The Bertz CT molecular complexity index is 799. The fourth-order valence-electron chi connectivity index (χ4n) is 4.51. The van der Waals surface area contributed by atoms with Gasteiger partial charge < -0.3 is 14.7 Å². The zero-order valence-electron chi connectivity index (χ0n) is 17.0. The van der Waals surface area contributed by atoms with E-state index in [9.17, 15) is 18.0 Å². The maximum atomic E-state index is 11.8. The van der Waals surface area contributed by atoms with E-state index in [1.54, 1.807) is 0 Å². The minimum atomic E-state index is -5.08. The molecule has 0 saturated carbocycles. The average molecular weight is 463 g/mol. The summed E-state index contributed by atoms with van der Waals surface area (Å²) in [6, 6.07) is 8.09. The normalized spacial score (nSPS) is 22.9. The van der Waals surface area contributed by atoms with Gasteiger partial charge in [-0.2, -0.15) is 13.2 Å². The van der Waals surface area contributed by atoms with Crippen molar-refractivity contribution >= 4 is 23.5 Å². The van der Waals surface area contributed by atoms with Crippen LogP contribution in [-0.4, -0.2) is 71.3 Å². The Hall–Kier alpha value is -1.84. The number of halogens is 4. The molecule has 1 amide bonds. The molecule has 0 aliphatic carbocycles. The summed E-state index contributed by atoms with van der Waals surface area (Å²) in [7, 11) is 0. The number of hydrogen-bond acceptors (Lipinski definition) is 4. The molecule has 1 atom stereocenters. The van der Waals surface area contributed by atoms with Gasteiger partial charge in [-0.05, 0) is 42.9 Å². The molecule has 3 saturated heterocycles. The number of likely N-dealkylation sites (tertiary alicyclic amines) is 2. The molecule has 1 aromatic carbocycles. The van der Waals surface area contributed by atoms with Crippen LogP contribution < -0.4 is 0 Å². The molecule has 1 unspecified atom stereocenters. The number of rotatable bonds is 5. The standard InChI is InChI=1S/C19H25ClN2O2.C2HF3O2/c20-17-4-1-3-15(11-17)12-21-13-19(14-21)16(7-10-24-19)6-9-22-8-2-5-18(22)23;3-2(4,5)1(6)7/h1,3-4,11,16H,2,5-10,12-14H2;(H,6,7). The molecule has 0 radical (unpaired) electrons. The highest BCUT2D eigenvalue weighted by Gasteiger charge is 2.52. The van der Waals surface area contributed by atoms with Crippen molar-refractivity contribution in [1.29, 1.82) is 0 Å². The molecule has 31 heavy (non-hydrogen) atoms. The lowest BCUT2D eigenvalue weighted by molar-refractivity contribution is -0.192. The van der Waals surface area contributed by atoms with Crippen molar-refractivity contribution in [2.24, 2.45) is 5.92 Å². The number of benzene rings is 1. The first-order valence-electron chi connectivity index (χ1n) is 10.3. The summed E-state index contributed by atoms with van der Waals surface area (Å²) in [5, 5.41) is 7.92. The maximum Gasteiger partial charge on any atom is 0.490 e. The highest BCUT2D eigenvalue weighted by molar-refractivity contribution is 6.30. The quantitative estimate of drug-likeness (QED) is 0.724. The molecule has 3 fully saturated rings. The van der Waals surface area contributed by atoms with Crippen molar-refractivity contribution in [3.8, 4) is 0 Å². The number of carbonyl (C=O) groups excluding carboxylic acids is 1. The second-order valence-corrected chi connectivity index (χ2v) is 8.69. The van der Waals surface area contributed by atoms with Gasteiger partial charge in [-0.1, -0.05) is 23.7 Å². The van der Waals surface area contributed by atoms with Crippen LogP contribution >= 0.6 is 11.6 Å². The molecular formula is C21H26ClF3N2O4. The van der Waals surface area contributed by atoms with Gasteiger partial charge in [0.1, 0.15) is 0 Å². The molecule has 0 bridgehead atoms. The van der Waals surface area contributed by atoms with Crippen LogP contribution in [0.3, 0.4) is 0 Å². The first-order chi connectivity index (χ1) is 14.6. The van der Waals surface area contributed by atoms with Crippen molar-refractivity contribution in [3.05, 3.63) is 34.9 Å². The van der Waals surface area contributed by atoms with Gasteiger partial charge in [0, 0.05) is 50.8 Å². The third-order valence-electron chi connectivity index (χ3n) is 6.04. The van der Waals surface area contributed by atoms with E-state index in [4.69, 9.17) is 26.2 Å². The van der Waals surface area contributed by atoms with Gasteiger partial charge >= 0.3 is 12.1 Å². The number of carboxylic acids is 1. The third-order valence-corrected chi connectivity index (χ3v) is 6.27. The van der Waals surface area contributed by atoms with E-state index in [0.717, 1.165) is 70.0 Å². The fourth-order valence-corrected chi connectivity index (χ4v) is 4.72. The Morgan fingerprint density at radius 3 is 2.61 bits per heavy atom. The number of hydrogen-bond donors (Lipinski definition) is 1. The first-order valence-corrected chi connectivity index (χ1v) is 10.7. The topological polar surface area (TPSA) is 70.1 Å². The SMILES string of the molecule is O=C(O)C(F)(F)F.O=C1CCCN1CCC1CCOC12CN(Cc1cccc(Cl)c1)C2. The monoisotopic (exact) mass is 462 g/mol. The summed E-state index contributed by atoms with van der Waals surface area (Å²) in [6.45, 7) is 5.64. The number of carbonyl (C=O) groups is 2. The third kappa shape index (κ3) is 6.11. The number of nitrogens with zero attached hydrogens (tertiary/aromatic N) is 2. The second kappa shape index (κ2) is 9.75. The van der Waals surface area contributed by atoms with Crippen LogP contribution in [0.15, 0.2) is 24.3 Å². The number of ether oxygens (including phenoxy) is 1. The van der Waals surface area contributed by atoms with Crippen LogP contribution in [0.2, 0.25) is 5.02 Å². The molecule has 3 heterocycles. The predicted molar refractivity (Wildman–Crippen MR) is 108 cm³/mol. The smallest absolute Gasteiger partial charge is 0.475 e. The van der Waals surface area contributed by atoms with Crippen molar-refractivity contribution in [1.82, 2.24) is 9.80 Å². The summed E-state index contributed by atoms with van der Waals surface area (Å²) in [6.07, 6.45) is -1.11. The van der Waals surface area contributed by atoms with Crippen molar-refractivity contribution < 1.29 is 32.6 Å². The number of amides is 1. The molecule has 4 rings (SSSR count). The molecule has 3 aliphatic heterocycles. The van der Waals surface area contributed by atoms with E-state index in [1.165, 1.54) is 5.56 Å². The molecule has 3 aliphatic rings. The molecule has 0 aromatic heterocycles. The van der Waals surface area contributed by atoms with E-state index in [0.29, 0.717) is 11.8 Å². The van der Waals surface area contributed by atoms with E-state index in [1.807, 2.05) is 23.1 Å². The van der Waals surface area contributed by atoms with E-state index in [2.05, 4.69) is 11.0 Å². The van der Waals surface area contributed by atoms with Crippen LogP contribution in [0.5, 0.6) is 0 Å². The van der Waals surface area contributed by atoms with Crippen LogP contribution in [0.4, 0.5) is 13.2 Å². The first kappa shape index (κ1) is 23.8. The van der Waals surface area contributed by atoms with Crippen LogP contribution in [0.1, 0.15) is 31.2 Å². The summed E-state index contributed by atoms with van der Waals surface area (Å²) in [5.41, 5.74) is 1.29. The van der Waals surface area contributed by atoms with E-state index < -0.39 is 12.1 Å². The minimum absolute atomic E-state index is 0.0291. The van der Waals surface area contributed by atoms with Crippen molar-refractivity contribution in [3.63, 3.8) is 0 Å². The van der Waals surface area contributed by atoms with E-state index in [-0.39, 0.29) is 5.60 Å². The van der Waals surface area contributed by atoms with E-state index >= 15 is 0 Å². The predicted octanol–water partition coefficient (Wildman–Crippen LogP) is 3.58. The fraction of sp³-hybridized carbons (Fsp3) is 0.619. The van der Waals surface area contributed by atoms with Crippen LogP contribution in [-0.2, 0) is 20.9 Å². The lowest BCUT2D eigenvalue weighted by atomic mass is 9.78. The second-order valence-electron chi connectivity index (χ2n) is 8.25. The summed E-state index contributed by atoms with van der Waals surface area (Å²) in [5.74, 6) is -1.84. The summed E-state index contributed by atoms with van der Waals surface area (Å²) < 4.78 is 37.9. The van der Waals surface area contributed by atoms with Crippen LogP contribution in [0.25, 0.3) is 0 Å². The highest BCUT2D eigenvalue weighted by Crippen LogP contribution is 2.42. The molecule has 1 spiro atoms. The Labute approximate surface area is 183 Å². The molecule has 1 N–H and O–H groups in total. The van der Waals surface area contributed by atoms with Gasteiger partial charge in [0.05, 0.1) is 5.60 Å². The Morgan fingerprint density at radius 2 is 2.03 bits per heavy atom. The largest absolute Gasteiger partial charge is 0.490 e. The Kier molecular flexibility index (Phi) is 7.49. The van der Waals surface area contributed by atoms with Crippen molar-refractivity contribution in [2.45, 2.75) is 44.0 Å². The zero-order chi connectivity index (χ0) is 22.6.